The van der Waals surface area contributed by atoms with E-state index in [9.17, 15) is 0 Å². The zero-order valence-electron chi connectivity index (χ0n) is 23.2. The zero-order valence-corrected chi connectivity index (χ0v) is 23.2. The van der Waals surface area contributed by atoms with Crippen molar-refractivity contribution in [3.8, 4) is 28.4 Å². The molecular weight excluding hydrogens is 500 g/mol. The van der Waals surface area contributed by atoms with Gasteiger partial charge in [-0.3, -0.25) is 0 Å². The molecular formula is C33H32N4O3. The van der Waals surface area contributed by atoms with Crippen LogP contribution in [0.25, 0.3) is 57.5 Å². The molecule has 2 aliphatic heterocycles. The lowest BCUT2D eigenvalue weighted by Crippen LogP contribution is -1.96. The van der Waals surface area contributed by atoms with Gasteiger partial charge in [-0.05, 0) is 91.2 Å². The molecule has 40 heavy (non-hydrogen) atoms. The minimum absolute atomic E-state index is 0.551. The van der Waals surface area contributed by atoms with Gasteiger partial charge in [0.25, 0.3) is 0 Å². The molecule has 3 aromatic heterocycles. The van der Waals surface area contributed by atoms with E-state index < -0.39 is 0 Å². The molecule has 5 heterocycles. The minimum Gasteiger partial charge on any atom is -0.493 e. The van der Waals surface area contributed by atoms with E-state index >= 15 is 0 Å². The maximum absolute atomic E-state index is 5.67. The Balaban J connectivity index is 1.67. The van der Waals surface area contributed by atoms with Crippen molar-refractivity contribution in [1.29, 1.82) is 0 Å². The van der Waals surface area contributed by atoms with E-state index in [1.54, 1.807) is 21.3 Å². The summed E-state index contributed by atoms with van der Waals surface area (Å²) < 4.78 is 16.9. The average Bonchev–Trinajstić information content (AvgIpc) is 3.78. The monoisotopic (exact) mass is 532 g/mol. The number of benzene rings is 1. The van der Waals surface area contributed by atoms with Crippen LogP contribution in [0, 0.1) is 0 Å². The Morgan fingerprint density at radius 2 is 1.23 bits per heavy atom. The predicted molar refractivity (Wildman–Crippen MR) is 163 cm³/mol. The highest BCUT2D eigenvalue weighted by Gasteiger charge is 2.17. The van der Waals surface area contributed by atoms with Gasteiger partial charge in [-0.1, -0.05) is 13.3 Å². The van der Waals surface area contributed by atoms with Crippen LogP contribution in [0.5, 0.6) is 17.2 Å². The van der Waals surface area contributed by atoms with Gasteiger partial charge >= 0.3 is 0 Å². The molecule has 8 bridgehead atoms. The van der Waals surface area contributed by atoms with Crippen LogP contribution in [0.3, 0.4) is 0 Å². The molecule has 0 fully saturated rings. The number of rotatable bonds is 7. The molecule has 2 aliphatic rings. The maximum Gasteiger partial charge on any atom is 0.203 e. The van der Waals surface area contributed by atoms with E-state index in [0.717, 1.165) is 75.2 Å². The molecule has 4 aromatic rings. The fraction of sp³-hybridized carbons (Fsp3) is 0.212. The Bertz CT molecular complexity index is 1690. The summed E-state index contributed by atoms with van der Waals surface area (Å²) >= 11 is 0. The SMILES string of the molecule is CCCCc1c2nc(cc3ccc([nH]3)c(-c3cc(OC)c(OC)c(OC)c3)c3ccc(cc4nc1C=C4)[nH]3)C=C2. The smallest absolute Gasteiger partial charge is 0.203 e. The number of aromatic amines is 2. The Kier molecular flexibility index (Phi) is 6.86. The lowest BCUT2D eigenvalue weighted by atomic mass is 10.0. The van der Waals surface area contributed by atoms with Crippen molar-refractivity contribution in [2.45, 2.75) is 26.2 Å². The Labute approximate surface area is 233 Å². The lowest BCUT2D eigenvalue weighted by Gasteiger charge is -2.14. The van der Waals surface area contributed by atoms with Gasteiger partial charge in [0.15, 0.2) is 11.5 Å². The first-order valence-electron chi connectivity index (χ1n) is 13.5. The van der Waals surface area contributed by atoms with Crippen LogP contribution in [0.2, 0.25) is 0 Å². The number of aromatic nitrogens is 4. The van der Waals surface area contributed by atoms with E-state index in [-0.39, 0.29) is 0 Å². The van der Waals surface area contributed by atoms with Crippen molar-refractivity contribution in [3.05, 3.63) is 76.9 Å². The van der Waals surface area contributed by atoms with Crippen molar-refractivity contribution in [2.24, 2.45) is 0 Å². The van der Waals surface area contributed by atoms with Gasteiger partial charge in [-0.15, -0.1) is 0 Å². The zero-order chi connectivity index (χ0) is 27.6. The summed E-state index contributed by atoms with van der Waals surface area (Å²) in [5, 5.41) is 0. The molecule has 0 amide bonds. The standard InChI is InChI=1S/C33H32N4O3/c1-5-6-7-25-26-12-8-21(34-26)18-23-10-14-28(36-23)32(20-16-30(38-2)33(40-4)31(17-20)39-3)29-15-11-24(37-29)19-22-9-13-27(25)35-22/h8-19,36-37H,5-7H2,1-4H3. The number of nitrogens with zero attached hydrogens (tertiary/aromatic N) is 2. The van der Waals surface area contributed by atoms with Gasteiger partial charge in [-0.2, -0.15) is 0 Å². The first-order chi connectivity index (χ1) is 19.6. The van der Waals surface area contributed by atoms with Crippen LogP contribution < -0.4 is 14.2 Å². The predicted octanol–water partition coefficient (Wildman–Crippen LogP) is 7.69. The summed E-state index contributed by atoms with van der Waals surface area (Å²) in [6, 6.07) is 16.4. The first kappa shape index (κ1) is 25.5. The van der Waals surface area contributed by atoms with Gasteiger partial charge in [0.2, 0.25) is 5.75 Å². The summed E-state index contributed by atoms with van der Waals surface area (Å²) in [4.78, 5) is 17.1. The largest absolute Gasteiger partial charge is 0.493 e. The van der Waals surface area contributed by atoms with Crippen molar-refractivity contribution >= 4 is 46.4 Å². The number of nitrogens with one attached hydrogen (secondary N) is 2. The third-order valence-electron chi connectivity index (χ3n) is 7.24. The summed E-state index contributed by atoms with van der Waals surface area (Å²) in [5.74, 6) is 1.73. The fourth-order valence-electron chi connectivity index (χ4n) is 5.28. The number of H-pyrrole nitrogens is 2. The number of fused-ring (bicyclic) bond motifs is 8. The van der Waals surface area contributed by atoms with Crippen LogP contribution in [0.4, 0.5) is 0 Å². The molecule has 0 saturated carbocycles. The molecule has 2 N–H and O–H groups in total. The molecule has 0 radical (unpaired) electrons. The number of unbranched alkanes of at least 4 members (excludes halogenated alkanes) is 1. The topological polar surface area (TPSA) is 85.1 Å². The van der Waals surface area contributed by atoms with Crippen LogP contribution in [0.15, 0.2) is 48.5 Å². The molecule has 0 saturated heterocycles. The van der Waals surface area contributed by atoms with E-state index in [1.165, 1.54) is 5.56 Å². The minimum atomic E-state index is 0.551. The van der Waals surface area contributed by atoms with Crippen molar-refractivity contribution in [1.82, 2.24) is 19.9 Å². The van der Waals surface area contributed by atoms with Crippen LogP contribution in [-0.4, -0.2) is 41.3 Å². The number of ether oxygens (including phenoxy) is 3. The highest BCUT2D eigenvalue weighted by Crippen LogP contribution is 2.42. The third kappa shape index (κ3) is 4.75. The molecule has 7 heteroatoms. The summed E-state index contributed by atoms with van der Waals surface area (Å²) in [7, 11) is 4.86. The van der Waals surface area contributed by atoms with Crippen molar-refractivity contribution in [3.63, 3.8) is 0 Å². The van der Waals surface area contributed by atoms with E-state index in [2.05, 4.69) is 77.6 Å². The molecule has 202 valence electrons. The fourth-order valence-corrected chi connectivity index (χ4v) is 5.28. The Hall–Kier alpha value is -4.78. The average molecular weight is 533 g/mol. The second kappa shape index (κ2) is 10.8. The summed E-state index contributed by atoms with van der Waals surface area (Å²) in [6.45, 7) is 2.21. The van der Waals surface area contributed by atoms with E-state index in [0.29, 0.717) is 17.2 Å². The lowest BCUT2D eigenvalue weighted by molar-refractivity contribution is 0.324. The van der Waals surface area contributed by atoms with E-state index in [1.807, 2.05) is 12.1 Å². The number of hydrogen-bond acceptors (Lipinski definition) is 5. The van der Waals surface area contributed by atoms with Crippen molar-refractivity contribution in [2.75, 3.05) is 21.3 Å². The van der Waals surface area contributed by atoms with Crippen LogP contribution >= 0.6 is 0 Å². The summed E-state index contributed by atoms with van der Waals surface area (Å²) in [6.07, 6.45) is 11.5. The third-order valence-corrected chi connectivity index (χ3v) is 7.24. The first-order valence-corrected chi connectivity index (χ1v) is 13.5. The molecule has 0 spiro atoms. The molecule has 0 unspecified atom stereocenters. The van der Waals surface area contributed by atoms with Gasteiger partial charge in [0.1, 0.15) is 0 Å². The Morgan fingerprint density at radius 3 is 1.70 bits per heavy atom. The molecule has 7 nitrogen and oxygen atoms in total. The van der Waals surface area contributed by atoms with Gasteiger partial charge < -0.3 is 24.2 Å². The second-order valence-electron chi connectivity index (χ2n) is 9.82. The molecule has 0 aliphatic carbocycles. The van der Waals surface area contributed by atoms with Gasteiger partial charge in [-0.25, -0.2) is 9.97 Å². The highest BCUT2D eigenvalue weighted by atomic mass is 16.5. The number of hydrogen-bond donors (Lipinski definition) is 2. The van der Waals surface area contributed by atoms with Crippen LogP contribution in [-0.2, 0) is 6.42 Å². The molecule has 1 aromatic carbocycles. The van der Waals surface area contributed by atoms with Crippen LogP contribution in [0.1, 0.15) is 48.1 Å². The maximum atomic E-state index is 5.67. The van der Waals surface area contributed by atoms with Crippen molar-refractivity contribution < 1.29 is 14.2 Å². The second-order valence-corrected chi connectivity index (χ2v) is 9.82. The van der Waals surface area contributed by atoms with Gasteiger partial charge in [0, 0.05) is 33.2 Å². The normalized spacial score (nSPS) is 12.1. The number of methoxy groups -OCH3 is 3. The highest BCUT2D eigenvalue weighted by molar-refractivity contribution is 5.95. The molecule has 6 rings (SSSR count). The van der Waals surface area contributed by atoms with E-state index in [4.69, 9.17) is 24.2 Å². The quantitative estimate of drug-likeness (QED) is 0.220. The Morgan fingerprint density at radius 1 is 0.675 bits per heavy atom. The summed E-state index contributed by atoms with van der Waals surface area (Å²) in [5.41, 5.74) is 10.6. The molecule has 0 atom stereocenters. The van der Waals surface area contributed by atoms with Gasteiger partial charge in [0.05, 0.1) is 44.1 Å².